The van der Waals surface area contributed by atoms with E-state index in [4.69, 9.17) is 9.47 Å². The lowest BCUT2D eigenvalue weighted by Gasteiger charge is -2.12. The molecule has 0 spiro atoms. The van der Waals surface area contributed by atoms with Crippen LogP contribution in [0.2, 0.25) is 0 Å². The Bertz CT molecular complexity index is 331. The third-order valence-electron chi connectivity index (χ3n) is 2.05. The maximum absolute atomic E-state index is 11.7. The number of ether oxygens (including phenoxy) is 2. The van der Waals surface area contributed by atoms with Gasteiger partial charge >= 0.3 is 0 Å². The van der Waals surface area contributed by atoms with Crippen LogP contribution in [0.15, 0.2) is 24.3 Å². The minimum Gasteiger partial charge on any atom is -0.508 e. The molecule has 4 nitrogen and oxygen atoms in total. The summed E-state index contributed by atoms with van der Waals surface area (Å²) in [5.41, 5.74) is 0.453. The van der Waals surface area contributed by atoms with Gasteiger partial charge in [-0.15, -0.1) is 0 Å². The van der Waals surface area contributed by atoms with E-state index in [1.807, 2.05) is 0 Å². The molecule has 0 amide bonds. The Morgan fingerprint density at radius 3 is 2.60 bits per heavy atom. The number of benzene rings is 1. The van der Waals surface area contributed by atoms with Crippen LogP contribution in [0.4, 0.5) is 0 Å². The Labute approximate surface area is 88.4 Å². The fraction of sp³-hybridized carbons (Fsp3) is 0.364. The van der Waals surface area contributed by atoms with Crippen molar-refractivity contribution in [2.45, 2.75) is 12.7 Å². The summed E-state index contributed by atoms with van der Waals surface area (Å²) in [5, 5.41) is 9.20. The van der Waals surface area contributed by atoms with E-state index >= 15 is 0 Å². The van der Waals surface area contributed by atoms with Gasteiger partial charge in [-0.3, -0.25) is 4.79 Å². The van der Waals surface area contributed by atoms with Crippen LogP contribution < -0.4 is 0 Å². The smallest absolute Gasteiger partial charge is 0.168 e. The summed E-state index contributed by atoms with van der Waals surface area (Å²) in [6, 6.07) is 6.20. The molecule has 82 valence electrons. The molecule has 0 unspecified atom stereocenters. The van der Waals surface area contributed by atoms with E-state index in [2.05, 4.69) is 0 Å². The molecule has 0 radical (unpaired) electrons. The fourth-order valence-electron chi connectivity index (χ4n) is 1.21. The molecule has 0 fully saturated rings. The lowest BCUT2D eigenvalue weighted by molar-refractivity contribution is -0.0993. The predicted octanol–water partition coefficient (Wildman–Crippen LogP) is 1.58. The van der Waals surface area contributed by atoms with Gasteiger partial charge in [0.25, 0.3) is 0 Å². The number of aromatic hydroxyl groups is 1. The topological polar surface area (TPSA) is 55.8 Å². The molecular weight excluding hydrogens is 196 g/mol. The van der Waals surface area contributed by atoms with E-state index in [9.17, 15) is 9.90 Å². The SMILES string of the molecule is COC(CC(=O)c1cccc(O)c1)OC. The normalized spacial score (nSPS) is 10.6. The minimum atomic E-state index is -0.542. The summed E-state index contributed by atoms with van der Waals surface area (Å²) in [5.74, 6) is -0.0492. The molecule has 1 aromatic rings. The van der Waals surface area contributed by atoms with Crippen molar-refractivity contribution in [1.29, 1.82) is 0 Å². The fourth-order valence-corrected chi connectivity index (χ4v) is 1.21. The number of phenolic OH excluding ortho intramolecular Hbond substituents is 1. The first-order valence-corrected chi connectivity index (χ1v) is 4.55. The third kappa shape index (κ3) is 3.34. The van der Waals surface area contributed by atoms with E-state index in [0.29, 0.717) is 5.56 Å². The molecule has 4 heteroatoms. The molecule has 0 saturated heterocycles. The Kier molecular flexibility index (Phi) is 4.27. The van der Waals surface area contributed by atoms with Crippen molar-refractivity contribution >= 4 is 5.78 Å². The highest BCUT2D eigenvalue weighted by molar-refractivity contribution is 5.96. The first-order chi connectivity index (χ1) is 7.17. The first-order valence-electron chi connectivity index (χ1n) is 4.55. The highest BCUT2D eigenvalue weighted by Gasteiger charge is 2.13. The van der Waals surface area contributed by atoms with Gasteiger partial charge in [0, 0.05) is 19.8 Å². The molecule has 0 aliphatic carbocycles. The zero-order chi connectivity index (χ0) is 11.3. The Morgan fingerprint density at radius 2 is 2.07 bits per heavy atom. The number of hydrogen-bond acceptors (Lipinski definition) is 4. The first kappa shape index (κ1) is 11.7. The summed E-state index contributed by atoms with van der Waals surface area (Å²) >= 11 is 0. The second-order valence-electron chi connectivity index (χ2n) is 3.08. The number of rotatable bonds is 5. The van der Waals surface area contributed by atoms with Crippen molar-refractivity contribution in [2.24, 2.45) is 0 Å². The number of phenols is 1. The third-order valence-corrected chi connectivity index (χ3v) is 2.05. The number of hydrogen-bond donors (Lipinski definition) is 1. The van der Waals surface area contributed by atoms with Crippen molar-refractivity contribution < 1.29 is 19.4 Å². The molecule has 15 heavy (non-hydrogen) atoms. The molecule has 0 heterocycles. The van der Waals surface area contributed by atoms with Crippen LogP contribution in [0.3, 0.4) is 0 Å². The highest BCUT2D eigenvalue weighted by atomic mass is 16.7. The lowest BCUT2D eigenvalue weighted by Crippen LogP contribution is -2.18. The summed E-state index contributed by atoms with van der Waals surface area (Å²) < 4.78 is 9.83. The molecule has 0 saturated carbocycles. The van der Waals surface area contributed by atoms with E-state index in [1.165, 1.54) is 26.4 Å². The number of methoxy groups -OCH3 is 2. The van der Waals surface area contributed by atoms with Gasteiger partial charge in [0.05, 0.1) is 6.42 Å². The summed E-state index contributed by atoms with van der Waals surface area (Å²) in [4.78, 5) is 11.7. The molecule has 1 aromatic carbocycles. The van der Waals surface area contributed by atoms with Crippen molar-refractivity contribution in [3.8, 4) is 5.75 Å². The van der Waals surface area contributed by atoms with Gasteiger partial charge in [-0.2, -0.15) is 0 Å². The maximum atomic E-state index is 11.7. The molecule has 0 atom stereocenters. The van der Waals surface area contributed by atoms with Crippen LogP contribution in [0, 0.1) is 0 Å². The molecule has 0 aliphatic rings. The quantitative estimate of drug-likeness (QED) is 0.592. The average molecular weight is 210 g/mol. The number of Topliss-reactive ketones (excluding diaryl/α,β-unsaturated/α-hetero) is 1. The number of carbonyl (C=O) groups is 1. The van der Waals surface area contributed by atoms with Gasteiger partial charge in [0.2, 0.25) is 0 Å². The van der Waals surface area contributed by atoms with Gasteiger partial charge in [0.1, 0.15) is 5.75 Å². The van der Waals surface area contributed by atoms with Crippen LogP contribution in [-0.2, 0) is 9.47 Å². The van der Waals surface area contributed by atoms with E-state index in [1.54, 1.807) is 12.1 Å². The van der Waals surface area contributed by atoms with Gasteiger partial charge in [-0.25, -0.2) is 0 Å². The predicted molar refractivity (Wildman–Crippen MR) is 54.9 cm³/mol. The molecule has 0 aromatic heterocycles. The average Bonchev–Trinajstić information content (AvgIpc) is 2.25. The van der Waals surface area contributed by atoms with E-state index < -0.39 is 6.29 Å². The Hall–Kier alpha value is -1.39. The number of ketones is 1. The summed E-state index contributed by atoms with van der Waals surface area (Å²) in [6.45, 7) is 0. The Morgan fingerprint density at radius 1 is 1.40 bits per heavy atom. The van der Waals surface area contributed by atoms with Gasteiger partial charge < -0.3 is 14.6 Å². The molecule has 0 aliphatic heterocycles. The molecule has 0 bridgehead atoms. The minimum absolute atomic E-state index is 0.0761. The largest absolute Gasteiger partial charge is 0.508 e. The Balaban J connectivity index is 2.68. The van der Waals surface area contributed by atoms with Crippen LogP contribution in [0.1, 0.15) is 16.8 Å². The van der Waals surface area contributed by atoms with E-state index in [-0.39, 0.29) is 18.0 Å². The summed E-state index contributed by atoms with van der Waals surface area (Å²) in [7, 11) is 2.95. The van der Waals surface area contributed by atoms with Crippen LogP contribution in [-0.4, -0.2) is 31.4 Å². The zero-order valence-corrected chi connectivity index (χ0v) is 8.77. The van der Waals surface area contributed by atoms with Gasteiger partial charge in [-0.05, 0) is 12.1 Å². The van der Waals surface area contributed by atoms with Crippen molar-refractivity contribution in [3.63, 3.8) is 0 Å². The lowest BCUT2D eigenvalue weighted by atomic mass is 10.1. The molecular formula is C11H14O4. The van der Waals surface area contributed by atoms with Gasteiger partial charge in [0.15, 0.2) is 12.1 Å². The second-order valence-corrected chi connectivity index (χ2v) is 3.08. The monoisotopic (exact) mass is 210 g/mol. The second kappa shape index (κ2) is 5.48. The van der Waals surface area contributed by atoms with Crippen molar-refractivity contribution in [3.05, 3.63) is 29.8 Å². The zero-order valence-electron chi connectivity index (χ0n) is 8.77. The van der Waals surface area contributed by atoms with Gasteiger partial charge in [-0.1, -0.05) is 12.1 Å². The van der Waals surface area contributed by atoms with Crippen LogP contribution in [0.5, 0.6) is 5.75 Å². The van der Waals surface area contributed by atoms with Crippen LogP contribution >= 0.6 is 0 Å². The molecule has 1 N–H and O–H groups in total. The molecule has 1 rings (SSSR count). The summed E-state index contributed by atoms with van der Waals surface area (Å²) in [6.07, 6.45) is -0.406. The van der Waals surface area contributed by atoms with E-state index in [0.717, 1.165) is 0 Å². The van der Waals surface area contributed by atoms with Crippen molar-refractivity contribution in [1.82, 2.24) is 0 Å². The van der Waals surface area contributed by atoms with Crippen LogP contribution in [0.25, 0.3) is 0 Å². The van der Waals surface area contributed by atoms with Crippen molar-refractivity contribution in [2.75, 3.05) is 14.2 Å². The highest BCUT2D eigenvalue weighted by Crippen LogP contribution is 2.14. The maximum Gasteiger partial charge on any atom is 0.168 e. The standard InChI is InChI=1S/C11H14O4/c1-14-11(15-2)7-10(13)8-4-3-5-9(12)6-8/h3-6,11-12H,7H2,1-2H3. The number of carbonyl (C=O) groups excluding carboxylic acids is 1.